The van der Waals surface area contributed by atoms with E-state index in [0.717, 1.165) is 0 Å². The van der Waals surface area contributed by atoms with Crippen LogP contribution in [0.3, 0.4) is 0 Å². The number of hydrogen-bond acceptors (Lipinski definition) is 8. The highest BCUT2D eigenvalue weighted by Crippen LogP contribution is 2.15. The molecule has 0 aromatic carbocycles. The molecule has 8 nitrogen and oxygen atoms in total. The van der Waals surface area contributed by atoms with E-state index in [9.17, 15) is 0 Å². The molecule has 0 saturated carbocycles. The van der Waals surface area contributed by atoms with Gasteiger partial charge in [-0.3, -0.25) is 4.90 Å². The molecule has 1 rings (SSSR count). The zero-order valence-corrected chi connectivity index (χ0v) is 13.0. The first kappa shape index (κ1) is 16.5. The molecule has 0 aliphatic carbocycles. The number of hydrogen-bond donors (Lipinski definition) is 0. The first-order chi connectivity index (χ1) is 9.53. The summed E-state index contributed by atoms with van der Waals surface area (Å²) in [5, 5.41) is 0. The summed E-state index contributed by atoms with van der Waals surface area (Å²) >= 11 is 0. The van der Waals surface area contributed by atoms with E-state index in [4.69, 9.17) is 14.2 Å². The lowest BCUT2D eigenvalue weighted by Crippen LogP contribution is -2.34. The van der Waals surface area contributed by atoms with E-state index in [1.165, 1.54) is 0 Å². The SMILES string of the molecule is COCN(COC)c1nc(C)nc(N(C)C(C)OC)n1. The fraction of sp³-hybridized carbons (Fsp3) is 0.750. The third kappa shape index (κ3) is 4.26. The van der Waals surface area contributed by atoms with Crippen molar-refractivity contribution in [1.82, 2.24) is 15.0 Å². The van der Waals surface area contributed by atoms with Gasteiger partial charge in [0.2, 0.25) is 11.9 Å². The minimum atomic E-state index is -0.136. The molecule has 0 saturated heterocycles. The maximum Gasteiger partial charge on any atom is 0.234 e. The summed E-state index contributed by atoms with van der Waals surface area (Å²) in [5.41, 5.74) is 0. The summed E-state index contributed by atoms with van der Waals surface area (Å²) in [5.74, 6) is 1.67. The molecule has 1 aromatic heterocycles. The number of anilines is 2. The molecule has 20 heavy (non-hydrogen) atoms. The Hall–Kier alpha value is -1.51. The second kappa shape index (κ2) is 7.93. The van der Waals surface area contributed by atoms with Gasteiger partial charge in [-0.1, -0.05) is 0 Å². The minimum Gasteiger partial charge on any atom is -0.364 e. The molecule has 114 valence electrons. The smallest absolute Gasteiger partial charge is 0.234 e. The molecule has 0 spiro atoms. The zero-order valence-electron chi connectivity index (χ0n) is 13.0. The molecule has 1 atom stereocenters. The van der Waals surface area contributed by atoms with Gasteiger partial charge in [0, 0.05) is 28.4 Å². The second-order valence-corrected chi connectivity index (χ2v) is 4.30. The van der Waals surface area contributed by atoms with Gasteiger partial charge in [-0.2, -0.15) is 15.0 Å². The van der Waals surface area contributed by atoms with E-state index in [1.807, 2.05) is 25.8 Å². The van der Waals surface area contributed by atoms with Crippen LogP contribution in [-0.2, 0) is 14.2 Å². The van der Waals surface area contributed by atoms with Crippen LogP contribution in [0.25, 0.3) is 0 Å². The fourth-order valence-corrected chi connectivity index (χ4v) is 1.54. The van der Waals surface area contributed by atoms with Crippen molar-refractivity contribution in [3.05, 3.63) is 5.82 Å². The molecule has 0 aliphatic rings. The average Bonchev–Trinajstić information content (AvgIpc) is 2.44. The maximum absolute atomic E-state index is 5.26. The van der Waals surface area contributed by atoms with Crippen LogP contribution in [0.1, 0.15) is 12.7 Å². The molecule has 0 N–H and O–H groups in total. The maximum atomic E-state index is 5.26. The van der Waals surface area contributed by atoms with E-state index in [-0.39, 0.29) is 6.23 Å². The molecule has 0 amide bonds. The lowest BCUT2D eigenvalue weighted by Gasteiger charge is -2.26. The van der Waals surface area contributed by atoms with Gasteiger partial charge < -0.3 is 19.1 Å². The van der Waals surface area contributed by atoms with Gasteiger partial charge in [-0.05, 0) is 13.8 Å². The monoisotopic (exact) mass is 285 g/mol. The van der Waals surface area contributed by atoms with Crippen LogP contribution < -0.4 is 9.80 Å². The predicted octanol–water partition coefficient (Wildman–Crippen LogP) is 0.623. The Morgan fingerprint density at radius 3 is 2.05 bits per heavy atom. The summed E-state index contributed by atoms with van der Waals surface area (Å²) in [6.45, 7) is 4.40. The van der Waals surface area contributed by atoms with Gasteiger partial charge in [0.15, 0.2) is 0 Å². The second-order valence-electron chi connectivity index (χ2n) is 4.30. The van der Waals surface area contributed by atoms with Crippen molar-refractivity contribution in [3.63, 3.8) is 0 Å². The van der Waals surface area contributed by atoms with E-state index in [0.29, 0.717) is 31.2 Å². The molecule has 1 unspecified atom stereocenters. The Labute approximate surface area is 119 Å². The van der Waals surface area contributed by atoms with E-state index in [1.54, 1.807) is 26.2 Å². The average molecular weight is 285 g/mol. The van der Waals surface area contributed by atoms with Crippen molar-refractivity contribution >= 4 is 11.9 Å². The number of methoxy groups -OCH3 is 3. The Morgan fingerprint density at radius 1 is 1.00 bits per heavy atom. The highest BCUT2D eigenvalue weighted by atomic mass is 16.5. The number of aromatic nitrogens is 3. The van der Waals surface area contributed by atoms with Gasteiger partial charge in [0.25, 0.3) is 0 Å². The standard InChI is InChI=1S/C12H23N5O3/c1-9-13-11(16(3)10(2)20-6)15-12(14-9)17(7-18-4)8-19-5/h10H,7-8H2,1-6H3. The molecular formula is C12H23N5O3. The van der Waals surface area contributed by atoms with Crippen molar-refractivity contribution in [2.45, 2.75) is 20.1 Å². The van der Waals surface area contributed by atoms with Crippen LogP contribution >= 0.6 is 0 Å². The van der Waals surface area contributed by atoms with E-state index in [2.05, 4.69) is 15.0 Å². The highest BCUT2D eigenvalue weighted by Gasteiger charge is 2.17. The molecule has 0 radical (unpaired) electrons. The topological polar surface area (TPSA) is 72.8 Å². The third-order valence-corrected chi connectivity index (χ3v) is 2.78. The number of aryl methyl sites for hydroxylation is 1. The minimum absolute atomic E-state index is 0.136. The van der Waals surface area contributed by atoms with Crippen LogP contribution in [0.5, 0.6) is 0 Å². The van der Waals surface area contributed by atoms with E-state index < -0.39 is 0 Å². The first-order valence-electron chi connectivity index (χ1n) is 6.24. The summed E-state index contributed by atoms with van der Waals surface area (Å²) in [6.07, 6.45) is -0.136. The first-order valence-corrected chi connectivity index (χ1v) is 6.24. The molecule has 0 fully saturated rings. The van der Waals surface area contributed by atoms with Crippen LogP contribution in [0.2, 0.25) is 0 Å². The van der Waals surface area contributed by atoms with Gasteiger partial charge in [-0.25, -0.2) is 0 Å². The lowest BCUT2D eigenvalue weighted by molar-refractivity contribution is 0.117. The Morgan fingerprint density at radius 2 is 1.55 bits per heavy atom. The zero-order chi connectivity index (χ0) is 15.1. The largest absolute Gasteiger partial charge is 0.364 e. The summed E-state index contributed by atoms with van der Waals surface area (Å²) < 4.78 is 15.5. The van der Waals surface area contributed by atoms with E-state index >= 15 is 0 Å². The Bertz CT molecular complexity index is 412. The molecular weight excluding hydrogens is 262 g/mol. The van der Waals surface area contributed by atoms with Crippen LogP contribution in [-0.4, -0.2) is 63.0 Å². The normalized spacial score (nSPS) is 12.3. The van der Waals surface area contributed by atoms with Gasteiger partial charge in [0.1, 0.15) is 25.5 Å². The highest BCUT2D eigenvalue weighted by molar-refractivity contribution is 5.38. The van der Waals surface area contributed by atoms with Crippen molar-refractivity contribution in [2.75, 3.05) is 51.6 Å². The van der Waals surface area contributed by atoms with Crippen molar-refractivity contribution in [3.8, 4) is 0 Å². The molecule has 1 heterocycles. The van der Waals surface area contributed by atoms with Crippen LogP contribution in [0.4, 0.5) is 11.9 Å². The number of rotatable bonds is 8. The quantitative estimate of drug-likeness (QED) is 0.644. The Kier molecular flexibility index (Phi) is 6.56. The third-order valence-electron chi connectivity index (χ3n) is 2.78. The van der Waals surface area contributed by atoms with Gasteiger partial charge in [-0.15, -0.1) is 0 Å². The molecule has 8 heteroatoms. The van der Waals surface area contributed by atoms with Crippen molar-refractivity contribution in [2.24, 2.45) is 0 Å². The van der Waals surface area contributed by atoms with Crippen LogP contribution in [0, 0.1) is 6.92 Å². The van der Waals surface area contributed by atoms with Crippen molar-refractivity contribution < 1.29 is 14.2 Å². The molecule has 1 aromatic rings. The van der Waals surface area contributed by atoms with Crippen molar-refractivity contribution in [1.29, 1.82) is 0 Å². The predicted molar refractivity (Wildman–Crippen MR) is 75.7 cm³/mol. The number of nitrogens with zero attached hydrogens (tertiary/aromatic N) is 5. The van der Waals surface area contributed by atoms with Gasteiger partial charge >= 0.3 is 0 Å². The molecule has 0 aliphatic heterocycles. The van der Waals surface area contributed by atoms with Crippen LogP contribution in [0.15, 0.2) is 0 Å². The molecule has 0 bridgehead atoms. The Balaban J connectivity index is 3.05. The summed E-state index contributed by atoms with van der Waals surface area (Å²) in [6, 6.07) is 0. The summed E-state index contributed by atoms with van der Waals surface area (Å²) in [4.78, 5) is 16.7. The number of ether oxygens (including phenoxy) is 3. The fourth-order valence-electron chi connectivity index (χ4n) is 1.54. The van der Waals surface area contributed by atoms with Gasteiger partial charge in [0.05, 0.1) is 0 Å². The lowest BCUT2D eigenvalue weighted by atomic mass is 10.5. The summed E-state index contributed by atoms with van der Waals surface area (Å²) in [7, 11) is 6.72.